The minimum absolute atomic E-state index is 0.163. The molecule has 17 heavy (non-hydrogen) atoms. The highest BCUT2D eigenvalue weighted by molar-refractivity contribution is 5.97. The van der Waals surface area contributed by atoms with E-state index in [0.717, 1.165) is 0 Å². The van der Waals surface area contributed by atoms with E-state index >= 15 is 0 Å². The third kappa shape index (κ3) is 2.55. The van der Waals surface area contributed by atoms with E-state index in [0.29, 0.717) is 17.9 Å². The van der Waals surface area contributed by atoms with E-state index in [9.17, 15) is 9.59 Å². The summed E-state index contributed by atoms with van der Waals surface area (Å²) in [6, 6.07) is 7.19. The summed E-state index contributed by atoms with van der Waals surface area (Å²) in [7, 11) is 1.32. The Labute approximate surface area is 98.7 Å². The minimum atomic E-state index is -0.635. The van der Waals surface area contributed by atoms with Gasteiger partial charge in [-0.15, -0.1) is 0 Å². The molecule has 5 heteroatoms. The predicted octanol–water partition coefficient (Wildman–Crippen LogP) is 1.34. The Bertz CT molecular complexity index is 444. The highest BCUT2D eigenvalue weighted by Crippen LogP contribution is 2.29. The van der Waals surface area contributed by atoms with Crippen LogP contribution < -0.4 is 10.1 Å². The predicted molar refractivity (Wildman–Crippen MR) is 60.7 cm³/mol. The summed E-state index contributed by atoms with van der Waals surface area (Å²) in [5.74, 6) is 0.0508. The zero-order chi connectivity index (χ0) is 12.3. The van der Waals surface area contributed by atoms with Crippen LogP contribution in [0.2, 0.25) is 0 Å². The summed E-state index contributed by atoms with van der Waals surface area (Å²) in [5, 5.41) is 2.74. The zero-order valence-electron chi connectivity index (χ0n) is 9.43. The fourth-order valence-corrected chi connectivity index (χ4v) is 1.63. The van der Waals surface area contributed by atoms with Crippen LogP contribution in [0.15, 0.2) is 24.3 Å². The zero-order valence-corrected chi connectivity index (χ0v) is 9.43. The lowest BCUT2D eigenvalue weighted by atomic mass is 10.1. The second-order valence-electron chi connectivity index (χ2n) is 3.71. The van der Waals surface area contributed by atoms with Crippen LogP contribution >= 0.6 is 0 Å². The van der Waals surface area contributed by atoms with E-state index in [-0.39, 0.29) is 18.3 Å². The molecule has 0 aliphatic carbocycles. The van der Waals surface area contributed by atoms with Gasteiger partial charge in [-0.25, -0.2) is 0 Å². The second kappa shape index (κ2) is 4.86. The van der Waals surface area contributed by atoms with Gasteiger partial charge < -0.3 is 14.8 Å². The molecule has 0 fully saturated rings. The summed E-state index contributed by atoms with van der Waals surface area (Å²) in [5.41, 5.74) is 0.659. The van der Waals surface area contributed by atoms with Crippen LogP contribution in [0.5, 0.6) is 5.75 Å². The molecule has 1 aromatic carbocycles. The summed E-state index contributed by atoms with van der Waals surface area (Å²) < 4.78 is 10.0. The molecule has 0 saturated heterocycles. The fourth-order valence-electron chi connectivity index (χ4n) is 1.63. The molecular weight excluding hydrogens is 222 g/mol. The van der Waals surface area contributed by atoms with Crippen molar-refractivity contribution < 1.29 is 19.1 Å². The third-order valence-electron chi connectivity index (χ3n) is 2.54. The molecule has 1 unspecified atom stereocenters. The molecule has 2 rings (SSSR count). The molecule has 1 amide bonds. The second-order valence-corrected chi connectivity index (χ2v) is 3.71. The minimum Gasteiger partial charge on any atom is -0.478 e. The Morgan fingerprint density at radius 1 is 1.47 bits per heavy atom. The molecular formula is C12H13NO4. The lowest BCUT2D eigenvalue weighted by Gasteiger charge is -2.25. The number of carbonyl (C=O) groups excluding carboxylic acids is 2. The van der Waals surface area contributed by atoms with E-state index in [1.165, 1.54) is 7.11 Å². The first-order chi connectivity index (χ1) is 8.20. The Hall–Kier alpha value is -2.04. The smallest absolute Gasteiger partial charge is 0.305 e. The number of hydrogen-bond donors (Lipinski definition) is 1. The first-order valence-corrected chi connectivity index (χ1v) is 5.34. The van der Waals surface area contributed by atoms with Crippen molar-refractivity contribution in [3.8, 4) is 5.75 Å². The number of nitrogens with one attached hydrogen (secondary N) is 1. The van der Waals surface area contributed by atoms with Gasteiger partial charge in [0.2, 0.25) is 0 Å². The molecule has 1 heterocycles. The van der Waals surface area contributed by atoms with Crippen molar-refractivity contribution in [1.29, 1.82) is 0 Å². The molecule has 0 aromatic heterocycles. The van der Waals surface area contributed by atoms with Crippen molar-refractivity contribution in [2.24, 2.45) is 0 Å². The molecule has 1 aliphatic rings. The SMILES string of the molecule is COC(=O)CCC1Oc2ccccc2NC1=O. The average molecular weight is 235 g/mol. The van der Waals surface area contributed by atoms with Crippen LogP contribution in [0.4, 0.5) is 5.69 Å². The average Bonchev–Trinajstić information content (AvgIpc) is 2.35. The molecule has 0 radical (unpaired) electrons. The Balaban J connectivity index is 2.02. The molecule has 0 saturated carbocycles. The quantitative estimate of drug-likeness (QED) is 0.803. The molecule has 1 aromatic rings. The van der Waals surface area contributed by atoms with E-state index in [4.69, 9.17) is 4.74 Å². The summed E-state index contributed by atoms with van der Waals surface area (Å²) in [4.78, 5) is 22.7. The van der Waals surface area contributed by atoms with Crippen LogP contribution in [-0.2, 0) is 14.3 Å². The maximum Gasteiger partial charge on any atom is 0.305 e. The molecule has 1 N–H and O–H groups in total. The summed E-state index contributed by atoms with van der Waals surface area (Å²) in [6.07, 6.45) is -0.159. The number of carbonyl (C=O) groups is 2. The molecule has 0 spiro atoms. The van der Waals surface area contributed by atoms with Crippen molar-refractivity contribution in [3.63, 3.8) is 0 Å². The van der Waals surface area contributed by atoms with Crippen LogP contribution in [0.3, 0.4) is 0 Å². The highest BCUT2D eigenvalue weighted by atomic mass is 16.5. The van der Waals surface area contributed by atoms with Gasteiger partial charge >= 0.3 is 5.97 Å². The van der Waals surface area contributed by atoms with Crippen molar-refractivity contribution in [2.75, 3.05) is 12.4 Å². The monoisotopic (exact) mass is 235 g/mol. The maximum absolute atomic E-state index is 11.7. The first kappa shape index (κ1) is 11.4. The highest BCUT2D eigenvalue weighted by Gasteiger charge is 2.27. The third-order valence-corrected chi connectivity index (χ3v) is 2.54. The number of fused-ring (bicyclic) bond motifs is 1. The standard InChI is InChI=1S/C12H13NO4/c1-16-11(14)7-6-10-12(15)13-8-4-2-3-5-9(8)17-10/h2-5,10H,6-7H2,1H3,(H,13,15). The number of ether oxygens (including phenoxy) is 2. The van der Waals surface area contributed by atoms with Gasteiger partial charge in [0.15, 0.2) is 6.10 Å². The van der Waals surface area contributed by atoms with Gasteiger partial charge in [0.05, 0.1) is 12.8 Å². The van der Waals surface area contributed by atoms with Crippen molar-refractivity contribution in [2.45, 2.75) is 18.9 Å². The summed E-state index contributed by atoms with van der Waals surface area (Å²) >= 11 is 0. The van der Waals surface area contributed by atoms with Gasteiger partial charge in [0.25, 0.3) is 5.91 Å². The van der Waals surface area contributed by atoms with E-state index in [1.807, 2.05) is 12.1 Å². The number of para-hydroxylation sites is 2. The normalized spacial score (nSPS) is 17.7. The molecule has 5 nitrogen and oxygen atoms in total. The Morgan fingerprint density at radius 3 is 3.00 bits per heavy atom. The van der Waals surface area contributed by atoms with Crippen LogP contribution in [0, 0.1) is 0 Å². The molecule has 1 aliphatic heterocycles. The van der Waals surface area contributed by atoms with Crippen LogP contribution in [-0.4, -0.2) is 25.1 Å². The number of hydrogen-bond acceptors (Lipinski definition) is 4. The molecule has 90 valence electrons. The van der Waals surface area contributed by atoms with Gasteiger partial charge in [-0.05, 0) is 12.1 Å². The van der Waals surface area contributed by atoms with E-state index < -0.39 is 6.10 Å². The van der Waals surface area contributed by atoms with Gasteiger partial charge in [-0.1, -0.05) is 12.1 Å². The van der Waals surface area contributed by atoms with Gasteiger partial charge in [-0.2, -0.15) is 0 Å². The maximum atomic E-state index is 11.7. The Kier molecular flexibility index (Phi) is 3.27. The van der Waals surface area contributed by atoms with E-state index in [2.05, 4.69) is 10.1 Å². The van der Waals surface area contributed by atoms with Crippen molar-refractivity contribution in [3.05, 3.63) is 24.3 Å². The number of methoxy groups -OCH3 is 1. The first-order valence-electron chi connectivity index (χ1n) is 5.34. The topological polar surface area (TPSA) is 64.6 Å². The number of esters is 1. The number of amides is 1. The number of benzene rings is 1. The lowest BCUT2D eigenvalue weighted by Crippen LogP contribution is -2.37. The Morgan fingerprint density at radius 2 is 2.24 bits per heavy atom. The molecule has 0 bridgehead atoms. The van der Waals surface area contributed by atoms with Crippen molar-refractivity contribution >= 4 is 17.6 Å². The fraction of sp³-hybridized carbons (Fsp3) is 0.333. The largest absolute Gasteiger partial charge is 0.478 e. The lowest BCUT2D eigenvalue weighted by molar-refractivity contribution is -0.141. The number of anilines is 1. The van der Waals surface area contributed by atoms with Crippen LogP contribution in [0.25, 0.3) is 0 Å². The van der Waals surface area contributed by atoms with Crippen molar-refractivity contribution in [1.82, 2.24) is 0 Å². The van der Waals surface area contributed by atoms with Gasteiger partial charge in [-0.3, -0.25) is 9.59 Å². The molecule has 1 atom stereocenters. The van der Waals surface area contributed by atoms with Crippen LogP contribution in [0.1, 0.15) is 12.8 Å². The number of rotatable bonds is 3. The van der Waals surface area contributed by atoms with E-state index in [1.54, 1.807) is 12.1 Å². The summed E-state index contributed by atoms with van der Waals surface area (Å²) in [6.45, 7) is 0. The van der Waals surface area contributed by atoms with Gasteiger partial charge in [0, 0.05) is 12.8 Å². The van der Waals surface area contributed by atoms with Gasteiger partial charge in [0.1, 0.15) is 5.75 Å².